The molecule has 3 aromatic heterocycles. The third-order valence-electron chi connectivity index (χ3n) is 5.83. The maximum Gasteiger partial charge on any atom is 0.291 e. The molecule has 9 heteroatoms. The summed E-state index contributed by atoms with van der Waals surface area (Å²) < 4.78 is 22.6. The fraction of sp³-hybridized carbons (Fsp3) is 0.0345. The molecule has 3 heterocycles. The first-order valence-electron chi connectivity index (χ1n) is 11.8. The van der Waals surface area contributed by atoms with Gasteiger partial charge in [-0.1, -0.05) is 42.2 Å². The Morgan fingerprint density at radius 1 is 0.947 bits per heavy atom. The van der Waals surface area contributed by atoms with Crippen LogP contribution in [0, 0.1) is 5.82 Å². The van der Waals surface area contributed by atoms with Crippen LogP contribution in [0.5, 0.6) is 5.75 Å². The average molecular weight is 522 g/mol. The lowest BCUT2D eigenvalue weighted by molar-refractivity contribution is 0.363. The molecule has 3 aromatic carbocycles. The van der Waals surface area contributed by atoms with Crippen LogP contribution in [-0.4, -0.2) is 31.0 Å². The smallest absolute Gasteiger partial charge is 0.291 e. The number of thiazole rings is 1. The fourth-order valence-corrected chi connectivity index (χ4v) is 4.89. The van der Waals surface area contributed by atoms with Crippen molar-refractivity contribution in [2.24, 2.45) is 0 Å². The summed E-state index contributed by atoms with van der Waals surface area (Å²) in [5.41, 5.74) is 3.46. The Labute approximate surface area is 220 Å². The minimum atomic E-state index is -0.330. The van der Waals surface area contributed by atoms with Gasteiger partial charge in [0.1, 0.15) is 23.9 Å². The molecule has 0 fully saturated rings. The van der Waals surface area contributed by atoms with E-state index in [1.54, 1.807) is 29.0 Å². The van der Waals surface area contributed by atoms with E-state index in [-0.39, 0.29) is 11.4 Å². The van der Waals surface area contributed by atoms with Gasteiger partial charge in [-0.15, -0.1) is 5.10 Å². The minimum Gasteiger partial charge on any atom is -0.490 e. The first-order chi connectivity index (χ1) is 18.6. The van der Waals surface area contributed by atoms with Gasteiger partial charge in [0, 0.05) is 22.9 Å². The minimum absolute atomic E-state index is 0.271. The maximum absolute atomic E-state index is 13.6. The van der Waals surface area contributed by atoms with Gasteiger partial charge >= 0.3 is 0 Å². The van der Waals surface area contributed by atoms with Gasteiger partial charge in [-0.2, -0.15) is 14.6 Å². The van der Waals surface area contributed by atoms with E-state index in [1.165, 1.54) is 28.0 Å². The molecule has 0 amide bonds. The first-order valence-corrected chi connectivity index (χ1v) is 12.6. The van der Waals surface area contributed by atoms with Gasteiger partial charge in [0.2, 0.25) is 4.96 Å². The van der Waals surface area contributed by atoms with Crippen LogP contribution in [0.2, 0.25) is 0 Å². The molecule has 0 aliphatic heterocycles. The van der Waals surface area contributed by atoms with Crippen molar-refractivity contribution < 1.29 is 9.13 Å². The molecule has 0 N–H and O–H groups in total. The predicted octanol–water partition coefficient (Wildman–Crippen LogP) is 4.92. The van der Waals surface area contributed by atoms with Gasteiger partial charge in [-0.3, -0.25) is 4.79 Å². The quantitative estimate of drug-likeness (QED) is 0.279. The van der Waals surface area contributed by atoms with E-state index in [0.29, 0.717) is 33.4 Å². The number of halogens is 1. The molecule has 0 aliphatic rings. The molecular weight excluding hydrogens is 501 g/mol. The largest absolute Gasteiger partial charge is 0.490 e. The Kier molecular flexibility index (Phi) is 6.11. The van der Waals surface area contributed by atoms with Crippen molar-refractivity contribution in [1.82, 2.24) is 24.4 Å². The lowest BCUT2D eigenvalue weighted by Gasteiger charge is -2.02. The highest BCUT2D eigenvalue weighted by atomic mass is 32.1. The Balaban J connectivity index is 1.40. The summed E-state index contributed by atoms with van der Waals surface area (Å²) in [6.45, 7) is 4.06. The number of aromatic nitrogens is 5. The van der Waals surface area contributed by atoms with Gasteiger partial charge in [-0.05, 0) is 66.7 Å². The number of hydrogen-bond acceptors (Lipinski definition) is 6. The zero-order valence-electron chi connectivity index (χ0n) is 20.0. The zero-order chi connectivity index (χ0) is 26.1. The van der Waals surface area contributed by atoms with Crippen LogP contribution in [0.4, 0.5) is 4.39 Å². The van der Waals surface area contributed by atoms with Crippen LogP contribution >= 0.6 is 11.3 Å². The van der Waals surface area contributed by atoms with Crippen LogP contribution in [0.1, 0.15) is 5.56 Å². The average Bonchev–Trinajstić information content (AvgIpc) is 3.64. The highest BCUT2D eigenvalue weighted by Gasteiger charge is 2.15. The van der Waals surface area contributed by atoms with Gasteiger partial charge in [0.05, 0.1) is 10.2 Å². The second kappa shape index (κ2) is 9.87. The fourth-order valence-electron chi connectivity index (χ4n) is 3.99. The van der Waals surface area contributed by atoms with Crippen molar-refractivity contribution in [2.45, 2.75) is 0 Å². The molecule has 6 aromatic rings. The molecule has 0 unspecified atom stereocenters. The summed E-state index contributed by atoms with van der Waals surface area (Å²) in [5, 5.41) is 9.18. The van der Waals surface area contributed by atoms with E-state index in [0.717, 1.165) is 22.4 Å². The van der Waals surface area contributed by atoms with E-state index in [2.05, 4.69) is 16.7 Å². The molecule has 38 heavy (non-hydrogen) atoms. The standard InChI is InChI=1S/C29H20FN5O2S/c1-2-16-37-24-14-10-20(11-15-24)27-31-29-35(33-27)28(36)25(38-29)17-21-18-34(23-6-4-3-5-7-23)32-26(21)19-8-12-22(30)13-9-19/h2-15,17-18H,1,16H2/b25-17-. The van der Waals surface area contributed by atoms with Gasteiger partial charge in [0.15, 0.2) is 5.82 Å². The Hall–Kier alpha value is -4.89. The number of benzene rings is 3. The second-order valence-corrected chi connectivity index (χ2v) is 9.40. The summed E-state index contributed by atoms with van der Waals surface area (Å²) in [6, 6.07) is 23.1. The van der Waals surface area contributed by atoms with Crippen LogP contribution in [0.3, 0.4) is 0 Å². The van der Waals surface area contributed by atoms with Gasteiger partial charge in [0.25, 0.3) is 5.56 Å². The highest BCUT2D eigenvalue weighted by Crippen LogP contribution is 2.25. The number of fused-ring (bicyclic) bond motifs is 1. The van der Waals surface area contributed by atoms with Crippen LogP contribution < -0.4 is 14.8 Å². The van der Waals surface area contributed by atoms with Crippen LogP contribution in [0.25, 0.3) is 39.4 Å². The second-order valence-electron chi connectivity index (χ2n) is 8.39. The number of ether oxygens (including phenoxy) is 1. The highest BCUT2D eigenvalue weighted by molar-refractivity contribution is 7.15. The van der Waals surface area contributed by atoms with Crippen LogP contribution in [0.15, 0.2) is 103 Å². The van der Waals surface area contributed by atoms with Crippen molar-refractivity contribution in [3.63, 3.8) is 0 Å². The molecular formula is C29H20FN5O2S. The molecule has 0 saturated heterocycles. The predicted molar refractivity (Wildman–Crippen MR) is 146 cm³/mol. The van der Waals surface area contributed by atoms with Gasteiger partial charge < -0.3 is 4.74 Å². The topological polar surface area (TPSA) is 74.3 Å². The third-order valence-corrected chi connectivity index (χ3v) is 6.79. The van der Waals surface area contributed by atoms with E-state index in [9.17, 15) is 9.18 Å². The lowest BCUT2D eigenvalue weighted by atomic mass is 10.1. The van der Waals surface area contributed by atoms with Crippen molar-refractivity contribution in [2.75, 3.05) is 6.61 Å². The molecule has 0 bridgehead atoms. The third kappa shape index (κ3) is 4.51. The molecule has 0 atom stereocenters. The molecule has 6 rings (SSSR count). The van der Waals surface area contributed by atoms with Crippen molar-refractivity contribution in [3.8, 4) is 34.1 Å². The number of nitrogens with zero attached hydrogens (tertiary/aromatic N) is 5. The van der Waals surface area contributed by atoms with Crippen molar-refractivity contribution in [1.29, 1.82) is 0 Å². The van der Waals surface area contributed by atoms with E-state index >= 15 is 0 Å². The first kappa shape index (κ1) is 23.5. The summed E-state index contributed by atoms with van der Waals surface area (Å²) in [6.07, 6.45) is 5.31. The maximum atomic E-state index is 13.6. The molecule has 186 valence electrons. The molecule has 0 aliphatic carbocycles. The molecule has 0 saturated carbocycles. The zero-order valence-corrected chi connectivity index (χ0v) is 20.8. The molecule has 7 nitrogen and oxygen atoms in total. The summed E-state index contributed by atoms with van der Waals surface area (Å²) in [5.74, 6) is 0.840. The number of hydrogen-bond donors (Lipinski definition) is 0. The van der Waals surface area contributed by atoms with E-state index in [4.69, 9.17) is 9.84 Å². The van der Waals surface area contributed by atoms with Crippen molar-refractivity contribution >= 4 is 22.4 Å². The molecule has 0 spiro atoms. The van der Waals surface area contributed by atoms with Crippen molar-refractivity contribution in [3.05, 3.63) is 124 Å². The number of rotatable bonds is 7. The SMILES string of the molecule is C=CCOc1ccc(-c2nc3s/c(=C\c4cn(-c5ccccc5)nc4-c4ccc(F)cc4)c(=O)n3n2)cc1. The Bertz CT molecular complexity index is 1860. The number of para-hydroxylation sites is 1. The monoisotopic (exact) mass is 521 g/mol. The Morgan fingerprint density at radius 2 is 1.68 bits per heavy atom. The molecule has 0 radical (unpaired) electrons. The van der Waals surface area contributed by atoms with Gasteiger partial charge in [-0.25, -0.2) is 9.07 Å². The summed E-state index contributed by atoms with van der Waals surface area (Å²) >= 11 is 1.25. The Morgan fingerprint density at radius 3 is 2.39 bits per heavy atom. The van der Waals surface area contributed by atoms with Crippen LogP contribution in [-0.2, 0) is 0 Å². The summed E-state index contributed by atoms with van der Waals surface area (Å²) in [7, 11) is 0. The normalized spacial score (nSPS) is 11.8. The summed E-state index contributed by atoms with van der Waals surface area (Å²) in [4.78, 5) is 18.3. The van der Waals surface area contributed by atoms with E-state index < -0.39 is 0 Å². The lowest BCUT2D eigenvalue weighted by Crippen LogP contribution is -2.23. The van der Waals surface area contributed by atoms with E-state index in [1.807, 2.05) is 60.8 Å².